The number of nitrogens with zero attached hydrogens (tertiary/aromatic N) is 3. The number of anilines is 1. The molecule has 6 heteroatoms. The Hall–Kier alpha value is -3.41. The summed E-state index contributed by atoms with van der Waals surface area (Å²) in [6.07, 6.45) is 2.13. The van der Waals surface area contributed by atoms with Crippen molar-refractivity contribution < 1.29 is 4.79 Å². The average Bonchev–Trinajstić information content (AvgIpc) is 3.15. The Morgan fingerprint density at radius 3 is 2.37 bits per heavy atom. The third-order valence-corrected chi connectivity index (χ3v) is 5.32. The molecular weight excluding hydrogens is 376 g/mol. The van der Waals surface area contributed by atoms with Gasteiger partial charge in [0.15, 0.2) is 0 Å². The summed E-state index contributed by atoms with van der Waals surface area (Å²) >= 11 is 0. The zero-order valence-corrected chi connectivity index (χ0v) is 17.7. The van der Waals surface area contributed by atoms with Crippen LogP contribution in [0.1, 0.15) is 45.5 Å². The molecule has 30 heavy (non-hydrogen) atoms. The summed E-state index contributed by atoms with van der Waals surface area (Å²) in [5.74, 6) is -0.161. The first kappa shape index (κ1) is 19.9. The summed E-state index contributed by atoms with van der Waals surface area (Å²) in [6.45, 7) is 8.08. The maximum Gasteiger partial charge on any atom is 0.274 e. The van der Waals surface area contributed by atoms with Crippen LogP contribution in [0, 0.1) is 0 Å². The molecule has 1 N–H and O–H groups in total. The van der Waals surface area contributed by atoms with Crippen LogP contribution in [0.2, 0.25) is 0 Å². The largest absolute Gasteiger partial charge is 0.345 e. The predicted molar refractivity (Wildman–Crippen MR) is 121 cm³/mol. The first-order chi connectivity index (χ1) is 14.4. The van der Waals surface area contributed by atoms with Crippen LogP contribution in [0.3, 0.4) is 0 Å². The number of fused-ring (bicyclic) bond motifs is 2. The van der Waals surface area contributed by atoms with Gasteiger partial charge in [0.2, 0.25) is 5.91 Å². The lowest BCUT2D eigenvalue weighted by molar-refractivity contribution is -0.115. The van der Waals surface area contributed by atoms with Gasteiger partial charge < -0.3 is 9.88 Å². The van der Waals surface area contributed by atoms with Crippen molar-refractivity contribution in [3.63, 3.8) is 0 Å². The van der Waals surface area contributed by atoms with Crippen LogP contribution in [0.15, 0.2) is 59.5 Å². The lowest BCUT2D eigenvalue weighted by Crippen LogP contribution is -2.27. The third-order valence-electron chi connectivity index (χ3n) is 5.32. The van der Waals surface area contributed by atoms with E-state index in [4.69, 9.17) is 0 Å². The molecule has 2 aromatic heterocycles. The summed E-state index contributed by atoms with van der Waals surface area (Å²) < 4.78 is 3.63. The molecule has 0 radical (unpaired) electrons. The lowest BCUT2D eigenvalue weighted by atomic mass is 10.1. The monoisotopic (exact) mass is 402 g/mol. The van der Waals surface area contributed by atoms with Gasteiger partial charge in [0.1, 0.15) is 0 Å². The molecule has 2 aromatic carbocycles. The molecule has 2 heterocycles. The van der Waals surface area contributed by atoms with Crippen molar-refractivity contribution in [1.29, 1.82) is 0 Å². The Kier molecular flexibility index (Phi) is 5.16. The second-order valence-electron chi connectivity index (χ2n) is 8.12. The maximum atomic E-state index is 12.9. The molecule has 0 aliphatic rings. The van der Waals surface area contributed by atoms with Crippen LogP contribution in [0.4, 0.5) is 5.69 Å². The van der Waals surface area contributed by atoms with Gasteiger partial charge in [0.05, 0.1) is 34.7 Å². The fourth-order valence-corrected chi connectivity index (χ4v) is 3.85. The summed E-state index contributed by atoms with van der Waals surface area (Å²) in [5, 5.41) is 9.85. The molecule has 0 aliphatic carbocycles. The highest BCUT2D eigenvalue weighted by Gasteiger charge is 2.16. The Bertz CT molecular complexity index is 1300. The number of aromatic nitrogens is 3. The van der Waals surface area contributed by atoms with E-state index in [0.29, 0.717) is 17.1 Å². The summed E-state index contributed by atoms with van der Waals surface area (Å²) in [4.78, 5) is 25.6. The van der Waals surface area contributed by atoms with Gasteiger partial charge in [-0.2, -0.15) is 5.10 Å². The zero-order chi connectivity index (χ0) is 21.4. The summed E-state index contributed by atoms with van der Waals surface area (Å²) in [7, 11) is 0. The van der Waals surface area contributed by atoms with Crippen molar-refractivity contribution in [3.05, 3.63) is 70.8 Å². The van der Waals surface area contributed by atoms with E-state index in [1.54, 1.807) is 6.07 Å². The molecule has 0 saturated carbocycles. The third kappa shape index (κ3) is 3.49. The number of carbonyl (C=O) groups excluding carboxylic acids is 1. The van der Waals surface area contributed by atoms with Gasteiger partial charge in [-0.3, -0.25) is 9.59 Å². The molecule has 0 fully saturated rings. The van der Waals surface area contributed by atoms with Crippen LogP contribution in [0.25, 0.3) is 21.7 Å². The topological polar surface area (TPSA) is 68.9 Å². The van der Waals surface area contributed by atoms with Gasteiger partial charge in [0.25, 0.3) is 5.56 Å². The van der Waals surface area contributed by atoms with Crippen molar-refractivity contribution in [2.45, 2.75) is 46.2 Å². The predicted octanol–water partition coefficient (Wildman–Crippen LogP) is 4.69. The smallest absolute Gasteiger partial charge is 0.274 e. The van der Waals surface area contributed by atoms with E-state index in [0.717, 1.165) is 22.0 Å². The molecule has 1 amide bonds. The Labute approximate surface area is 175 Å². The van der Waals surface area contributed by atoms with Gasteiger partial charge in [-0.1, -0.05) is 24.3 Å². The molecule has 154 valence electrons. The van der Waals surface area contributed by atoms with Gasteiger partial charge in [-0.05, 0) is 52.0 Å². The Morgan fingerprint density at radius 2 is 1.67 bits per heavy atom. The number of nitrogens with one attached hydrogen (secondary N) is 1. The fraction of sp³-hybridized carbons (Fsp3) is 0.292. The number of hydrogen-bond donors (Lipinski definition) is 1. The molecule has 0 unspecified atom stereocenters. The number of rotatable bonds is 5. The number of benzene rings is 2. The minimum Gasteiger partial charge on any atom is -0.345 e. The minimum absolute atomic E-state index is 0.0894. The van der Waals surface area contributed by atoms with E-state index in [1.807, 2.05) is 56.4 Å². The normalized spacial score (nSPS) is 11.7. The second kappa shape index (κ2) is 7.78. The van der Waals surface area contributed by atoms with Crippen molar-refractivity contribution in [2.75, 3.05) is 5.32 Å². The molecule has 4 rings (SSSR count). The number of carbonyl (C=O) groups is 1. The molecule has 6 nitrogen and oxygen atoms in total. The van der Waals surface area contributed by atoms with E-state index >= 15 is 0 Å². The Morgan fingerprint density at radius 1 is 0.933 bits per heavy atom. The number of amides is 1. The molecule has 0 aliphatic heterocycles. The van der Waals surface area contributed by atoms with Crippen molar-refractivity contribution >= 4 is 33.3 Å². The van der Waals surface area contributed by atoms with Gasteiger partial charge in [0, 0.05) is 23.0 Å². The van der Waals surface area contributed by atoms with E-state index in [2.05, 4.69) is 34.9 Å². The molecule has 0 saturated heterocycles. The Balaban J connectivity index is 1.69. The minimum atomic E-state index is -0.161. The zero-order valence-electron chi connectivity index (χ0n) is 17.7. The highest BCUT2D eigenvalue weighted by atomic mass is 16.1. The van der Waals surface area contributed by atoms with Crippen molar-refractivity contribution in [2.24, 2.45) is 0 Å². The van der Waals surface area contributed by atoms with E-state index in [-0.39, 0.29) is 23.9 Å². The van der Waals surface area contributed by atoms with Crippen LogP contribution < -0.4 is 10.9 Å². The van der Waals surface area contributed by atoms with Crippen LogP contribution in [0.5, 0.6) is 0 Å². The van der Waals surface area contributed by atoms with Crippen LogP contribution >= 0.6 is 0 Å². The summed E-state index contributed by atoms with van der Waals surface area (Å²) in [6, 6.07) is 15.5. The summed E-state index contributed by atoms with van der Waals surface area (Å²) in [5.41, 5.74) is 2.32. The maximum absolute atomic E-state index is 12.9. The van der Waals surface area contributed by atoms with Crippen molar-refractivity contribution in [3.8, 4) is 0 Å². The first-order valence-electron chi connectivity index (χ1n) is 10.3. The fourth-order valence-electron chi connectivity index (χ4n) is 3.85. The first-order valence-corrected chi connectivity index (χ1v) is 10.3. The van der Waals surface area contributed by atoms with E-state index < -0.39 is 0 Å². The molecule has 4 aromatic rings. The van der Waals surface area contributed by atoms with Gasteiger partial charge in [-0.15, -0.1) is 0 Å². The quantitative estimate of drug-likeness (QED) is 0.526. The molecule has 0 bridgehead atoms. The van der Waals surface area contributed by atoms with E-state index in [9.17, 15) is 9.59 Å². The highest BCUT2D eigenvalue weighted by Crippen LogP contribution is 2.27. The molecule has 0 atom stereocenters. The SMILES string of the molecule is CC(C)n1nc(CC(=O)Nc2cccc3c2ccn3C(C)C)c2ccccc2c1=O. The van der Waals surface area contributed by atoms with Crippen LogP contribution in [-0.4, -0.2) is 20.3 Å². The number of hydrogen-bond acceptors (Lipinski definition) is 3. The molecule has 0 spiro atoms. The lowest BCUT2D eigenvalue weighted by Gasteiger charge is -2.14. The van der Waals surface area contributed by atoms with Gasteiger partial charge in [-0.25, -0.2) is 4.68 Å². The van der Waals surface area contributed by atoms with Gasteiger partial charge >= 0.3 is 0 Å². The average molecular weight is 402 g/mol. The van der Waals surface area contributed by atoms with E-state index in [1.165, 1.54) is 4.68 Å². The second-order valence-corrected chi connectivity index (χ2v) is 8.12. The standard InChI is InChI=1S/C24H26N4O2/c1-15(2)27-13-12-19-20(10-7-11-22(19)27)25-23(29)14-21-17-8-5-6-9-18(17)24(30)28(26-21)16(3)4/h5-13,15-16H,14H2,1-4H3,(H,25,29). The highest BCUT2D eigenvalue weighted by molar-refractivity contribution is 6.03. The van der Waals surface area contributed by atoms with Crippen molar-refractivity contribution in [1.82, 2.24) is 14.3 Å². The molecular formula is C24H26N4O2. The van der Waals surface area contributed by atoms with Crippen LogP contribution in [-0.2, 0) is 11.2 Å².